The summed E-state index contributed by atoms with van der Waals surface area (Å²) in [5.74, 6) is 0. The Bertz CT molecular complexity index is 118. The van der Waals surface area contributed by atoms with E-state index in [9.17, 15) is 10.1 Å². The summed E-state index contributed by atoms with van der Waals surface area (Å²) in [5.41, 5.74) is 0. The van der Waals surface area contributed by atoms with Crippen LogP contribution >= 0.6 is 11.9 Å². The summed E-state index contributed by atoms with van der Waals surface area (Å²) >= 11 is 1.42. The first-order valence-corrected chi connectivity index (χ1v) is 3.38. The molecule has 0 N–H and O–H groups in total. The number of hydrogen-bond donors (Lipinski definition) is 0. The van der Waals surface area contributed by atoms with Gasteiger partial charge in [-0.1, -0.05) is 11.9 Å². The fraction of sp³-hybridized carbons (Fsp3) is 1.00. The number of nitro groups is 1. The lowest BCUT2D eigenvalue weighted by atomic mass is 10.8. The van der Waals surface area contributed by atoms with Gasteiger partial charge in [-0.05, 0) is 6.26 Å². The van der Waals surface area contributed by atoms with Crippen molar-refractivity contribution >= 4 is 11.9 Å². The van der Waals surface area contributed by atoms with Crippen LogP contribution in [0.5, 0.6) is 0 Å². The molecule has 0 amide bonds. The summed E-state index contributed by atoms with van der Waals surface area (Å²) in [6.45, 7) is 0.605. The van der Waals surface area contributed by atoms with Gasteiger partial charge in [-0.3, -0.25) is 10.1 Å². The maximum atomic E-state index is 9.88. The minimum absolute atomic E-state index is 0.267. The predicted octanol–water partition coefficient (Wildman–Crippen LogP) is 0.183. The van der Waals surface area contributed by atoms with E-state index in [0.717, 1.165) is 0 Å². The molecule has 0 aromatic carbocycles. The van der Waals surface area contributed by atoms with E-state index < -0.39 is 6.17 Å². The number of hydrogen-bond acceptors (Lipinski definition) is 4. The van der Waals surface area contributed by atoms with Crippen molar-refractivity contribution in [3.63, 3.8) is 0 Å². The van der Waals surface area contributed by atoms with Gasteiger partial charge in [0.25, 0.3) is 6.17 Å². The van der Waals surface area contributed by atoms with E-state index in [2.05, 4.69) is 0 Å². The summed E-state index contributed by atoms with van der Waals surface area (Å²) in [6, 6.07) is 0. The molecule has 8 heavy (non-hydrogen) atoms. The zero-order valence-corrected chi connectivity index (χ0v) is 5.22. The Hall–Kier alpha value is -0.290. The minimum Gasteiger partial charge on any atom is -0.263 e. The average molecular weight is 134 g/mol. The van der Waals surface area contributed by atoms with Crippen molar-refractivity contribution in [2.75, 3.05) is 12.8 Å². The predicted molar refractivity (Wildman–Crippen MR) is 31.0 cm³/mol. The lowest BCUT2D eigenvalue weighted by Crippen LogP contribution is -2.05. The van der Waals surface area contributed by atoms with Crippen LogP contribution in [0.4, 0.5) is 0 Å². The molecular weight excluding hydrogens is 128 g/mol. The molecule has 1 saturated heterocycles. The Balaban J connectivity index is 2.26. The monoisotopic (exact) mass is 134 g/mol. The summed E-state index contributed by atoms with van der Waals surface area (Å²) < 4.78 is 1.71. The maximum Gasteiger partial charge on any atom is 0.291 e. The highest BCUT2D eigenvalue weighted by molar-refractivity contribution is 7.96. The van der Waals surface area contributed by atoms with E-state index in [0.29, 0.717) is 6.54 Å². The van der Waals surface area contributed by atoms with Crippen LogP contribution in [0.25, 0.3) is 0 Å². The van der Waals surface area contributed by atoms with Crippen LogP contribution in [0.15, 0.2) is 0 Å². The lowest BCUT2D eigenvalue weighted by Gasteiger charge is -1.87. The standard InChI is InChI=1S/C3H6N2O2S/c1-8-4-2-3(4)5(6)7/h3H,2H2,1H3. The van der Waals surface area contributed by atoms with Gasteiger partial charge in [0.2, 0.25) is 0 Å². The molecule has 0 bridgehead atoms. The van der Waals surface area contributed by atoms with Crippen LogP contribution in [0.3, 0.4) is 0 Å². The second kappa shape index (κ2) is 1.91. The van der Waals surface area contributed by atoms with Crippen molar-refractivity contribution in [1.29, 1.82) is 0 Å². The van der Waals surface area contributed by atoms with Crippen LogP contribution < -0.4 is 0 Å². The van der Waals surface area contributed by atoms with Gasteiger partial charge in [0.05, 0.1) is 6.54 Å². The van der Waals surface area contributed by atoms with Crippen molar-refractivity contribution in [2.45, 2.75) is 6.17 Å². The molecule has 1 aliphatic heterocycles. The fourth-order valence-corrected chi connectivity index (χ4v) is 1.08. The fourth-order valence-electron chi connectivity index (χ4n) is 0.482. The van der Waals surface area contributed by atoms with Gasteiger partial charge >= 0.3 is 0 Å². The van der Waals surface area contributed by atoms with Crippen molar-refractivity contribution in [3.8, 4) is 0 Å². The van der Waals surface area contributed by atoms with Crippen molar-refractivity contribution in [3.05, 3.63) is 10.1 Å². The first kappa shape index (κ1) is 5.84. The second-order valence-electron chi connectivity index (χ2n) is 1.55. The third kappa shape index (κ3) is 0.924. The molecule has 0 saturated carbocycles. The second-order valence-corrected chi connectivity index (χ2v) is 2.38. The van der Waals surface area contributed by atoms with Crippen LogP contribution in [0, 0.1) is 10.1 Å². The zero-order chi connectivity index (χ0) is 6.15. The molecule has 1 aliphatic rings. The molecule has 2 atom stereocenters. The molecule has 0 aromatic rings. The maximum absolute atomic E-state index is 9.88. The Morgan fingerprint density at radius 1 is 2.00 bits per heavy atom. The van der Waals surface area contributed by atoms with Crippen molar-refractivity contribution in [1.82, 2.24) is 4.31 Å². The molecule has 4 nitrogen and oxygen atoms in total. The molecule has 1 fully saturated rings. The van der Waals surface area contributed by atoms with Crippen molar-refractivity contribution in [2.24, 2.45) is 0 Å². The molecule has 0 spiro atoms. The van der Waals surface area contributed by atoms with Gasteiger partial charge in [0.1, 0.15) is 0 Å². The molecule has 0 aromatic heterocycles. The third-order valence-corrected chi connectivity index (χ3v) is 1.88. The van der Waals surface area contributed by atoms with Crippen LogP contribution in [0.1, 0.15) is 0 Å². The summed E-state index contributed by atoms with van der Waals surface area (Å²) in [7, 11) is 0. The first-order valence-electron chi connectivity index (χ1n) is 2.20. The molecule has 0 aliphatic carbocycles. The highest BCUT2D eigenvalue weighted by atomic mass is 32.2. The molecule has 46 valence electrons. The quantitative estimate of drug-likeness (QED) is 0.234. The summed E-state index contributed by atoms with van der Waals surface area (Å²) in [5, 5.41) is 9.88. The Morgan fingerprint density at radius 2 is 2.62 bits per heavy atom. The van der Waals surface area contributed by atoms with Crippen LogP contribution in [-0.4, -0.2) is 28.2 Å². The first-order chi connectivity index (χ1) is 3.75. The van der Waals surface area contributed by atoms with Gasteiger partial charge in [-0.25, -0.2) is 0 Å². The highest BCUT2D eigenvalue weighted by Crippen LogP contribution is 2.25. The Labute approximate surface area is 51.1 Å². The SMILES string of the molecule is CSN1CC1[N+](=O)[O-]. The number of rotatable bonds is 2. The molecule has 1 rings (SSSR count). The molecular formula is C3H6N2O2S. The summed E-state index contributed by atoms with van der Waals surface area (Å²) in [4.78, 5) is 9.61. The van der Waals surface area contributed by atoms with Gasteiger partial charge < -0.3 is 0 Å². The molecule has 0 radical (unpaired) electrons. The Kier molecular flexibility index (Phi) is 1.39. The van der Waals surface area contributed by atoms with E-state index in [-0.39, 0.29) is 4.92 Å². The van der Waals surface area contributed by atoms with E-state index in [4.69, 9.17) is 0 Å². The number of nitrogens with zero attached hydrogens (tertiary/aromatic N) is 2. The molecule has 2 unspecified atom stereocenters. The normalized spacial score (nSPS) is 34.6. The van der Waals surface area contributed by atoms with Gasteiger partial charge in [0.15, 0.2) is 0 Å². The van der Waals surface area contributed by atoms with E-state index in [1.165, 1.54) is 11.9 Å². The largest absolute Gasteiger partial charge is 0.291 e. The lowest BCUT2D eigenvalue weighted by molar-refractivity contribution is -0.501. The van der Waals surface area contributed by atoms with E-state index in [1.807, 2.05) is 6.26 Å². The van der Waals surface area contributed by atoms with Crippen molar-refractivity contribution < 1.29 is 4.92 Å². The third-order valence-electron chi connectivity index (χ3n) is 1.02. The van der Waals surface area contributed by atoms with Crippen LogP contribution in [-0.2, 0) is 0 Å². The molecule has 5 heteroatoms. The zero-order valence-electron chi connectivity index (χ0n) is 4.40. The van der Waals surface area contributed by atoms with Gasteiger partial charge in [-0.15, -0.1) is 0 Å². The van der Waals surface area contributed by atoms with Gasteiger partial charge in [0, 0.05) is 4.92 Å². The average Bonchev–Trinajstić information content (AvgIpc) is 2.42. The highest BCUT2D eigenvalue weighted by Gasteiger charge is 2.45. The topological polar surface area (TPSA) is 46.1 Å². The van der Waals surface area contributed by atoms with E-state index >= 15 is 0 Å². The molecule has 1 heterocycles. The minimum atomic E-state index is -0.398. The van der Waals surface area contributed by atoms with Gasteiger partial charge in [-0.2, -0.15) is 4.31 Å². The summed E-state index contributed by atoms with van der Waals surface area (Å²) in [6.07, 6.45) is 1.44. The smallest absolute Gasteiger partial charge is 0.263 e. The van der Waals surface area contributed by atoms with Crippen LogP contribution in [0.2, 0.25) is 0 Å². The Morgan fingerprint density at radius 3 is 2.75 bits per heavy atom. The van der Waals surface area contributed by atoms with E-state index in [1.54, 1.807) is 4.31 Å².